The fourth-order valence-corrected chi connectivity index (χ4v) is 3.97. The van der Waals surface area contributed by atoms with E-state index in [0.29, 0.717) is 17.8 Å². The van der Waals surface area contributed by atoms with Gasteiger partial charge in [-0.1, -0.05) is 12.1 Å². The summed E-state index contributed by atoms with van der Waals surface area (Å²) in [5.41, 5.74) is 1.67. The molecule has 0 unspecified atom stereocenters. The lowest BCUT2D eigenvalue weighted by molar-refractivity contribution is 0.140. The zero-order chi connectivity index (χ0) is 16.4. The van der Waals surface area contributed by atoms with Gasteiger partial charge in [-0.05, 0) is 78.0 Å². The van der Waals surface area contributed by atoms with Crippen LogP contribution in [0.3, 0.4) is 0 Å². The highest BCUT2D eigenvalue weighted by molar-refractivity contribution is 5.25. The molecule has 1 aliphatic heterocycles. The molecule has 1 aliphatic rings. The lowest BCUT2D eigenvalue weighted by Crippen LogP contribution is -2.62. The number of hydrogen-bond acceptors (Lipinski definition) is 3. The van der Waals surface area contributed by atoms with Crippen molar-refractivity contribution in [3.8, 4) is 5.75 Å². The van der Waals surface area contributed by atoms with Crippen LogP contribution in [-0.2, 0) is 6.42 Å². The summed E-state index contributed by atoms with van der Waals surface area (Å²) in [6.07, 6.45) is 4.50. The Morgan fingerprint density at radius 2 is 1.68 bits per heavy atom. The Morgan fingerprint density at radius 1 is 1.14 bits per heavy atom. The number of rotatable bonds is 5. The molecule has 1 saturated heterocycles. The molecule has 1 aromatic rings. The van der Waals surface area contributed by atoms with Crippen molar-refractivity contribution in [1.29, 1.82) is 0 Å². The van der Waals surface area contributed by atoms with Gasteiger partial charge in [-0.3, -0.25) is 0 Å². The van der Waals surface area contributed by atoms with Crippen molar-refractivity contribution in [3.63, 3.8) is 0 Å². The topological polar surface area (TPSA) is 44.3 Å². The van der Waals surface area contributed by atoms with Crippen LogP contribution in [-0.4, -0.2) is 28.3 Å². The quantitative estimate of drug-likeness (QED) is 0.778. The average molecular weight is 304 g/mol. The van der Waals surface area contributed by atoms with Crippen molar-refractivity contribution in [2.75, 3.05) is 0 Å². The maximum atomic E-state index is 9.33. The maximum absolute atomic E-state index is 9.33. The van der Waals surface area contributed by atoms with Crippen LogP contribution in [0.25, 0.3) is 0 Å². The SMILES string of the molecule is C[C@@H](CCc1ccc(O)cc1)NC1CC(C)(C)NC(C)(C)C1. The fourth-order valence-electron chi connectivity index (χ4n) is 3.97. The summed E-state index contributed by atoms with van der Waals surface area (Å²) < 4.78 is 0. The molecule has 0 bridgehead atoms. The number of benzene rings is 1. The molecule has 1 atom stereocenters. The zero-order valence-electron chi connectivity index (χ0n) is 14.7. The van der Waals surface area contributed by atoms with Gasteiger partial charge in [0, 0.05) is 23.2 Å². The largest absolute Gasteiger partial charge is 0.508 e. The maximum Gasteiger partial charge on any atom is 0.115 e. The molecular weight excluding hydrogens is 272 g/mol. The van der Waals surface area contributed by atoms with Crippen LogP contribution < -0.4 is 10.6 Å². The van der Waals surface area contributed by atoms with E-state index < -0.39 is 0 Å². The van der Waals surface area contributed by atoms with Gasteiger partial charge in [0.2, 0.25) is 0 Å². The third-order valence-electron chi connectivity index (χ3n) is 4.51. The highest BCUT2D eigenvalue weighted by Gasteiger charge is 2.37. The molecule has 124 valence electrons. The smallest absolute Gasteiger partial charge is 0.115 e. The third kappa shape index (κ3) is 5.29. The van der Waals surface area contributed by atoms with Crippen molar-refractivity contribution in [2.45, 2.75) is 83.5 Å². The highest BCUT2D eigenvalue weighted by Crippen LogP contribution is 2.28. The van der Waals surface area contributed by atoms with Crippen LogP contribution in [0.2, 0.25) is 0 Å². The number of phenols is 1. The number of hydrogen-bond donors (Lipinski definition) is 3. The van der Waals surface area contributed by atoms with E-state index in [9.17, 15) is 5.11 Å². The van der Waals surface area contributed by atoms with Gasteiger partial charge in [0.15, 0.2) is 0 Å². The molecule has 1 heterocycles. The lowest BCUT2D eigenvalue weighted by Gasteiger charge is -2.47. The first-order valence-electron chi connectivity index (χ1n) is 8.49. The number of aromatic hydroxyl groups is 1. The van der Waals surface area contributed by atoms with Crippen molar-refractivity contribution in [3.05, 3.63) is 29.8 Å². The van der Waals surface area contributed by atoms with E-state index in [2.05, 4.69) is 45.3 Å². The molecular formula is C19H32N2O. The third-order valence-corrected chi connectivity index (χ3v) is 4.51. The second-order valence-corrected chi connectivity index (χ2v) is 8.27. The Hall–Kier alpha value is -1.06. The van der Waals surface area contributed by atoms with Crippen LogP contribution in [0, 0.1) is 0 Å². The van der Waals surface area contributed by atoms with Crippen molar-refractivity contribution in [1.82, 2.24) is 10.6 Å². The molecule has 0 saturated carbocycles. The minimum atomic E-state index is 0.191. The number of nitrogens with one attached hydrogen (secondary N) is 2. The first kappa shape index (κ1) is 17.3. The predicted molar refractivity (Wildman–Crippen MR) is 93.3 cm³/mol. The Morgan fingerprint density at radius 3 is 2.23 bits per heavy atom. The summed E-state index contributed by atoms with van der Waals surface area (Å²) in [6.45, 7) is 11.5. The van der Waals surface area contributed by atoms with Gasteiger partial charge >= 0.3 is 0 Å². The van der Waals surface area contributed by atoms with E-state index in [0.717, 1.165) is 12.8 Å². The monoisotopic (exact) mass is 304 g/mol. The molecule has 0 amide bonds. The highest BCUT2D eigenvalue weighted by atomic mass is 16.3. The summed E-state index contributed by atoms with van der Waals surface area (Å²) >= 11 is 0. The predicted octanol–water partition coefficient (Wildman–Crippen LogP) is 3.61. The molecule has 0 radical (unpaired) electrons. The standard InChI is InChI=1S/C19H32N2O/c1-14(6-7-15-8-10-17(22)11-9-15)20-16-12-18(2,3)21-19(4,5)13-16/h8-11,14,16,20-22H,6-7,12-13H2,1-5H3/t14-/m0/s1. The minimum Gasteiger partial charge on any atom is -0.508 e. The van der Waals surface area contributed by atoms with Gasteiger partial charge in [-0.25, -0.2) is 0 Å². The Bertz CT molecular complexity index is 463. The van der Waals surface area contributed by atoms with E-state index in [1.54, 1.807) is 12.1 Å². The van der Waals surface area contributed by atoms with Crippen LogP contribution in [0.5, 0.6) is 5.75 Å². The van der Waals surface area contributed by atoms with E-state index in [1.165, 1.54) is 18.4 Å². The molecule has 0 aliphatic carbocycles. The van der Waals surface area contributed by atoms with Gasteiger partial charge in [-0.2, -0.15) is 0 Å². The normalized spacial score (nSPS) is 22.4. The van der Waals surface area contributed by atoms with Crippen LogP contribution in [0.1, 0.15) is 59.4 Å². The second kappa shape index (κ2) is 6.59. The van der Waals surface area contributed by atoms with E-state index in [1.807, 2.05) is 12.1 Å². The van der Waals surface area contributed by atoms with Gasteiger partial charge in [-0.15, -0.1) is 0 Å². The van der Waals surface area contributed by atoms with E-state index in [-0.39, 0.29) is 11.1 Å². The first-order chi connectivity index (χ1) is 10.2. The molecule has 1 fully saturated rings. The van der Waals surface area contributed by atoms with Crippen LogP contribution >= 0.6 is 0 Å². The minimum absolute atomic E-state index is 0.191. The molecule has 3 heteroatoms. The molecule has 0 spiro atoms. The van der Waals surface area contributed by atoms with Gasteiger partial charge in [0.25, 0.3) is 0 Å². The summed E-state index contributed by atoms with van der Waals surface area (Å²) in [4.78, 5) is 0. The first-order valence-corrected chi connectivity index (χ1v) is 8.49. The molecule has 3 nitrogen and oxygen atoms in total. The summed E-state index contributed by atoms with van der Waals surface area (Å²) in [7, 11) is 0. The number of piperidine rings is 1. The second-order valence-electron chi connectivity index (χ2n) is 8.27. The van der Waals surface area contributed by atoms with Crippen molar-refractivity contribution in [2.24, 2.45) is 0 Å². The van der Waals surface area contributed by atoms with Crippen LogP contribution in [0.15, 0.2) is 24.3 Å². The molecule has 22 heavy (non-hydrogen) atoms. The van der Waals surface area contributed by atoms with E-state index in [4.69, 9.17) is 0 Å². The summed E-state index contributed by atoms with van der Waals surface area (Å²) in [5, 5.41) is 16.9. The average Bonchev–Trinajstić information content (AvgIpc) is 2.34. The van der Waals surface area contributed by atoms with Crippen molar-refractivity contribution >= 4 is 0 Å². The van der Waals surface area contributed by atoms with Crippen molar-refractivity contribution < 1.29 is 5.11 Å². The van der Waals surface area contributed by atoms with Gasteiger partial charge in [0.1, 0.15) is 5.75 Å². The van der Waals surface area contributed by atoms with E-state index >= 15 is 0 Å². The molecule has 1 aromatic carbocycles. The molecule has 3 N–H and O–H groups in total. The number of phenolic OH excluding ortho intramolecular Hbond substituents is 1. The Labute approximate surface area is 135 Å². The Kier molecular flexibility index (Phi) is 5.18. The summed E-state index contributed by atoms with van der Waals surface area (Å²) in [5.74, 6) is 0.342. The fraction of sp³-hybridized carbons (Fsp3) is 0.684. The number of aryl methyl sites for hydroxylation is 1. The molecule has 2 rings (SSSR count). The van der Waals surface area contributed by atoms with Gasteiger partial charge < -0.3 is 15.7 Å². The Balaban J connectivity index is 1.83. The zero-order valence-corrected chi connectivity index (χ0v) is 14.7. The lowest BCUT2D eigenvalue weighted by atomic mass is 9.79. The van der Waals surface area contributed by atoms with Gasteiger partial charge in [0.05, 0.1) is 0 Å². The van der Waals surface area contributed by atoms with Crippen LogP contribution in [0.4, 0.5) is 0 Å². The summed E-state index contributed by atoms with van der Waals surface area (Å²) in [6, 6.07) is 8.64. The molecule has 0 aromatic heterocycles.